The van der Waals surface area contributed by atoms with Crippen molar-refractivity contribution in [1.82, 2.24) is 0 Å². The molecular formula is C10H13ClFN. The van der Waals surface area contributed by atoms with E-state index in [1.54, 1.807) is 6.07 Å². The molecule has 0 aliphatic rings. The quantitative estimate of drug-likeness (QED) is 0.799. The fraction of sp³-hybridized carbons (Fsp3) is 0.400. The Kier molecular flexibility index (Phi) is 3.70. The van der Waals surface area contributed by atoms with E-state index in [4.69, 9.17) is 17.3 Å². The van der Waals surface area contributed by atoms with Gasteiger partial charge in [-0.25, -0.2) is 4.39 Å². The Bertz CT molecular complexity index is 299. The van der Waals surface area contributed by atoms with Gasteiger partial charge in [-0.15, -0.1) is 0 Å². The Labute approximate surface area is 82.7 Å². The molecule has 0 fully saturated rings. The van der Waals surface area contributed by atoms with Crippen LogP contribution in [0, 0.1) is 5.82 Å². The second-order valence-electron chi connectivity index (χ2n) is 2.94. The monoisotopic (exact) mass is 201 g/mol. The first-order valence-electron chi connectivity index (χ1n) is 4.36. The molecule has 1 rings (SSSR count). The van der Waals surface area contributed by atoms with E-state index in [0.717, 1.165) is 12.0 Å². The average Bonchev–Trinajstić information content (AvgIpc) is 2.13. The van der Waals surface area contributed by atoms with E-state index in [-0.39, 0.29) is 10.8 Å². The molecule has 0 aliphatic heterocycles. The molecule has 3 heteroatoms. The zero-order chi connectivity index (χ0) is 9.84. The van der Waals surface area contributed by atoms with Crippen LogP contribution in [0.4, 0.5) is 4.39 Å². The summed E-state index contributed by atoms with van der Waals surface area (Å²) in [4.78, 5) is 0. The Morgan fingerprint density at radius 3 is 2.69 bits per heavy atom. The van der Waals surface area contributed by atoms with E-state index in [0.29, 0.717) is 18.5 Å². The van der Waals surface area contributed by atoms with Gasteiger partial charge in [-0.1, -0.05) is 24.6 Å². The van der Waals surface area contributed by atoms with Crippen LogP contribution in [0.3, 0.4) is 0 Å². The third kappa shape index (κ3) is 2.42. The van der Waals surface area contributed by atoms with Crippen molar-refractivity contribution in [2.24, 2.45) is 5.73 Å². The van der Waals surface area contributed by atoms with Gasteiger partial charge in [0.25, 0.3) is 0 Å². The van der Waals surface area contributed by atoms with E-state index in [1.165, 1.54) is 0 Å². The summed E-state index contributed by atoms with van der Waals surface area (Å²) in [7, 11) is 0. The zero-order valence-electron chi connectivity index (χ0n) is 7.61. The van der Waals surface area contributed by atoms with Gasteiger partial charge in [-0.05, 0) is 36.6 Å². The summed E-state index contributed by atoms with van der Waals surface area (Å²) in [5, 5.41) is 0.197. The number of halogens is 2. The third-order valence-electron chi connectivity index (χ3n) is 1.99. The molecule has 0 radical (unpaired) electrons. The lowest BCUT2D eigenvalue weighted by atomic mass is 10.1. The Morgan fingerprint density at radius 1 is 1.46 bits per heavy atom. The maximum atomic E-state index is 13.3. The van der Waals surface area contributed by atoms with Crippen LogP contribution < -0.4 is 5.73 Å². The minimum absolute atomic E-state index is 0.197. The normalized spacial score (nSPS) is 10.5. The molecular weight excluding hydrogens is 189 g/mol. The minimum Gasteiger partial charge on any atom is -0.330 e. The molecule has 2 N–H and O–H groups in total. The van der Waals surface area contributed by atoms with Crippen molar-refractivity contribution in [3.05, 3.63) is 34.1 Å². The first-order chi connectivity index (χ1) is 6.19. The lowest BCUT2D eigenvalue weighted by Gasteiger charge is -2.06. The lowest BCUT2D eigenvalue weighted by Crippen LogP contribution is -2.05. The van der Waals surface area contributed by atoms with E-state index in [2.05, 4.69) is 0 Å². The lowest BCUT2D eigenvalue weighted by molar-refractivity contribution is 0.609. The summed E-state index contributed by atoms with van der Waals surface area (Å²) in [6, 6.07) is 3.49. The van der Waals surface area contributed by atoms with Gasteiger partial charge >= 0.3 is 0 Å². The number of aryl methyl sites for hydroxylation is 1. The van der Waals surface area contributed by atoms with Gasteiger partial charge in [0, 0.05) is 0 Å². The predicted molar refractivity (Wildman–Crippen MR) is 53.5 cm³/mol. The summed E-state index contributed by atoms with van der Waals surface area (Å²) in [5.41, 5.74) is 7.03. The molecule has 1 nitrogen and oxygen atoms in total. The van der Waals surface area contributed by atoms with Crippen molar-refractivity contribution in [3.8, 4) is 0 Å². The third-order valence-corrected chi connectivity index (χ3v) is 2.26. The Morgan fingerprint density at radius 2 is 2.15 bits per heavy atom. The molecule has 0 aliphatic carbocycles. The van der Waals surface area contributed by atoms with Crippen molar-refractivity contribution >= 4 is 11.6 Å². The topological polar surface area (TPSA) is 26.0 Å². The summed E-state index contributed by atoms with van der Waals surface area (Å²) in [5.74, 6) is -0.329. The van der Waals surface area contributed by atoms with Crippen LogP contribution in [-0.4, -0.2) is 6.54 Å². The van der Waals surface area contributed by atoms with Gasteiger partial charge < -0.3 is 5.73 Å². The predicted octanol–water partition coefficient (Wildman–Crippen LogP) is 2.54. The molecule has 0 saturated heterocycles. The molecule has 0 bridgehead atoms. The summed E-state index contributed by atoms with van der Waals surface area (Å²) < 4.78 is 13.3. The van der Waals surface area contributed by atoms with Crippen molar-refractivity contribution in [2.45, 2.75) is 19.8 Å². The van der Waals surface area contributed by atoms with Gasteiger partial charge in [-0.3, -0.25) is 0 Å². The first kappa shape index (κ1) is 10.5. The SMILES string of the molecule is CCc1cc(Cl)c(F)c(CCN)c1. The van der Waals surface area contributed by atoms with Gasteiger partial charge in [0.05, 0.1) is 5.02 Å². The Balaban J connectivity index is 3.09. The van der Waals surface area contributed by atoms with Crippen LogP contribution in [-0.2, 0) is 12.8 Å². The van der Waals surface area contributed by atoms with E-state index >= 15 is 0 Å². The van der Waals surface area contributed by atoms with E-state index in [9.17, 15) is 4.39 Å². The molecule has 72 valence electrons. The van der Waals surface area contributed by atoms with Crippen molar-refractivity contribution in [2.75, 3.05) is 6.54 Å². The fourth-order valence-electron chi connectivity index (χ4n) is 1.25. The van der Waals surface area contributed by atoms with E-state index < -0.39 is 0 Å². The van der Waals surface area contributed by atoms with Crippen molar-refractivity contribution < 1.29 is 4.39 Å². The van der Waals surface area contributed by atoms with Gasteiger partial charge in [0.2, 0.25) is 0 Å². The highest BCUT2D eigenvalue weighted by atomic mass is 35.5. The van der Waals surface area contributed by atoms with Crippen molar-refractivity contribution in [1.29, 1.82) is 0 Å². The second kappa shape index (κ2) is 4.58. The second-order valence-corrected chi connectivity index (χ2v) is 3.35. The number of nitrogens with two attached hydrogens (primary N) is 1. The van der Waals surface area contributed by atoms with Crippen LogP contribution in [0.2, 0.25) is 5.02 Å². The van der Waals surface area contributed by atoms with E-state index in [1.807, 2.05) is 13.0 Å². The molecule has 0 spiro atoms. The molecule has 0 saturated carbocycles. The number of benzene rings is 1. The largest absolute Gasteiger partial charge is 0.330 e. The van der Waals surface area contributed by atoms with Crippen LogP contribution in [0.1, 0.15) is 18.1 Å². The standard InChI is InChI=1S/C10H13ClFN/c1-2-7-5-8(3-4-13)10(12)9(11)6-7/h5-6H,2-4,13H2,1H3. The van der Waals surface area contributed by atoms with Gasteiger partial charge in [0.15, 0.2) is 0 Å². The molecule has 1 aromatic rings. The van der Waals surface area contributed by atoms with Crippen molar-refractivity contribution in [3.63, 3.8) is 0 Å². The highest BCUT2D eigenvalue weighted by Crippen LogP contribution is 2.21. The highest BCUT2D eigenvalue weighted by molar-refractivity contribution is 6.30. The van der Waals surface area contributed by atoms with Crippen LogP contribution in [0.25, 0.3) is 0 Å². The summed E-state index contributed by atoms with van der Waals surface area (Å²) in [6.45, 7) is 2.45. The molecule has 0 unspecified atom stereocenters. The summed E-state index contributed by atoms with van der Waals surface area (Å²) >= 11 is 5.72. The zero-order valence-corrected chi connectivity index (χ0v) is 8.37. The fourth-order valence-corrected chi connectivity index (χ4v) is 1.51. The molecule has 1 aromatic carbocycles. The van der Waals surface area contributed by atoms with Gasteiger partial charge in [-0.2, -0.15) is 0 Å². The van der Waals surface area contributed by atoms with Crippen LogP contribution in [0.5, 0.6) is 0 Å². The molecule has 0 atom stereocenters. The average molecular weight is 202 g/mol. The Hall–Kier alpha value is -0.600. The molecule has 13 heavy (non-hydrogen) atoms. The molecule has 0 heterocycles. The maximum absolute atomic E-state index is 13.3. The number of hydrogen-bond acceptors (Lipinski definition) is 1. The van der Waals surface area contributed by atoms with Gasteiger partial charge in [0.1, 0.15) is 5.82 Å². The maximum Gasteiger partial charge on any atom is 0.145 e. The molecule has 0 aromatic heterocycles. The van der Waals surface area contributed by atoms with Crippen LogP contribution in [0.15, 0.2) is 12.1 Å². The van der Waals surface area contributed by atoms with Crippen LogP contribution >= 0.6 is 11.6 Å². The number of hydrogen-bond donors (Lipinski definition) is 1. The first-order valence-corrected chi connectivity index (χ1v) is 4.73. The highest BCUT2D eigenvalue weighted by Gasteiger charge is 2.07. The number of rotatable bonds is 3. The molecule has 0 amide bonds. The minimum atomic E-state index is -0.329. The summed E-state index contributed by atoms with van der Waals surface area (Å²) in [6.07, 6.45) is 1.40. The smallest absolute Gasteiger partial charge is 0.145 e.